The highest BCUT2D eigenvalue weighted by Crippen LogP contribution is 2.05. The third kappa shape index (κ3) is 5.88. The van der Waals surface area contributed by atoms with Crippen molar-refractivity contribution in [2.24, 2.45) is 5.92 Å². The van der Waals surface area contributed by atoms with Crippen LogP contribution in [0, 0.1) is 12.8 Å². The predicted octanol–water partition coefficient (Wildman–Crippen LogP) is 3.06. The Morgan fingerprint density at radius 2 is 2.11 bits per heavy atom. The maximum absolute atomic E-state index is 11.4. The minimum Gasteiger partial charge on any atom is -0.464 e. The molecule has 3 nitrogen and oxygen atoms in total. The number of nitrogens with one attached hydrogen (secondary N) is 1. The van der Waals surface area contributed by atoms with Gasteiger partial charge in [-0.2, -0.15) is 0 Å². The molecular formula is C16H25NO2. The lowest BCUT2D eigenvalue weighted by atomic mass is 10.1. The van der Waals surface area contributed by atoms with E-state index in [-0.39, 0.29) is 17.9 Å². The molecule has 0 radical (unpaired) electrons. The molecule has 0 aliphatic rings. The monoisotopic (exact) mass is 263 g/mol. The maximum atomic E-state index is 11.4. The Balaban J connectivity index is 2.38. The summed E-state index contributed by atoms with van der Waals surface area (Å²) in [5.41, 5.74) is 2.52. The lowest BCUT2D eigenvalue weighted by Crippen LogP contribution is -2.34. The molecule has 1 rings (SSSR count). The summed E-state index contributed by atoms with van der Waals surface area (Å²) in [6.07, 6.45) is 0.942. The van der Waals surface area contributed by atoms with Gasteiger partial charge in [0.15, 0.2) is 0 Å². The number of aryl methyl sites for hydroxylation is 1. The number of carbonyl (C=O) groups excluding carboxylic acids is 1. The number of carbonyl (C=O) groups is 1. The van der Waals surface area contributed by atoms with Gasteiger partial charge in [-0.25, -0.2) is 0 Å². The van der Waals surface area contributed by atoms with E-state index in [1.54, 1.807) is 0 Å². The molecule has 0 aliphatic carbocycles. The number of ether oxygens (including phenoxy) is 1. The second-order valence-corrected chi connectivity index (χ2v) is 5.26. The molecule has 0 aromatic heterocycles. The average Bonchev–Trinajstić information content (AvgIpc) is 2.38. The first-order chi connectivity index (χ1) is 9.02. The normalized spacial score (nSPS) is 12.5. The van der Waals surface area contributed by atoms with Gasteiger partial charge in [0.05, 0.1) is 5.92 Å². The number of hydrogen-bond acceptors (Lipinski definition) is 3. The molecule has 0 bridgehead atoms. The zero-order valence-corrected chi connectivity index (χ0v) is 12.4. The van der Waals surface area contributed by atoms with Crippen LogP contribution >= 0.6 is 0 Å². The maximum Gasteiger partial charge on any atom is 0.308 e. The van der Waals surface area contributed by atoms with E-state index in [4.69, 9.17) is 4.74 Å². The molecule has 106 valence electrons. The van der Waals surface area contributed by atoms with Crippen LogP contribution in [0.1, 0.15) is 38.3 Å². The molecular weight excluding hydrogens is 238 g/mol. The highest BCUT2D eigenvalue weighted by atomic mass is 16.5. The smallest absolute Gasteiger partial charge is 0.308 e. The van der Waals surface area contributed by atoms with Gasteiger partial charge < -0.3 is 10.1 Å². The Bertz CT molecular complexity index is 401. The van der Waals surface area contributed by atoms with Crippen LogP contribution < -0.4 is 5.32 Å². The number of hydrogen-bond donors (Lipinski definition) is 1. The van der Waals surface area contributed by atoms with Crippen molar-refractivity contribution in [3.8, 4) is 0 Å². The molecule has 3 heteroatoms. The average molecular weight is 263 g/mol. The summed E-state index contributed by atoms with van der Waals surface area (Å²) in [5.74, 6) is -0.190. The van der Waals surface area contributed by atoms with Gasteiger partial charge in [0.2, 0.25) is 0 Å². The van der Waals surface area contributed by atoms with Gasteiger partial charge in [0, 0.05) is 12.6 Å². The van der Waals surface area contributed by atoms with Gasteiger partial charge in [-0.15, -0.1) is 0 Å². The predicted molar refractivity (Wildman–Crippen MR) is 77.9 cm³/mol. The summed E-state index contributed by atoms with van der Waals surface area (Å²) in [6, 6.07) is 8.63. The molecule has 0 saturated heterocycles. The standard InChI is InChI=1S/C16H25NO2/c1-5-15(11-19-16(18)12(2)3)17-10-14-8-6-7-13(4)9-14/h6-9,12,15,17H,5,10-11H2,1-4H3. The summed E-state index contributed by atoms with van der Waals surface area (Å²) >= 11 is 0. The summed E-state index contributed by atoms with van der Waals surface area (Å²) in [4.78, 5) is 11.4. The van der Waals surface area contributed by atoms with E-state index in [0.29, 0.717) is 6.61 Å². The fourth-order valence-corrected chi connectivity index (χ4v) is 1.75. The van der Waals surface area contributed by atoms with Crippen LogP contribution in [-0.2, 0) is 16.1 Å². The molecule has 0 amide bonds. The van der Waals surface area contributed by atoms with Gasteiger partial charge in [0.1, 0.15) is 6.61 Å². The molecule has 1 aromatic carbocycles. The van der Waals surface area contributed by atoms with Crippen molar-refractivity contribution in [1.29, 1.82) is 0 Å². The SMILES string of the molecule is CCC(COC(=O)C(C)C)NCc1cccc(C)c1. The van der Waals surface area contributed by atoms with E-state index in [1.807, 2.05) is 13.8 Å². The number of esters is 1. The molecule has 1 aromatic rings. The molecule has 1 N–H and O–H groups in total. The van der Waals surface area contributed by atoms with Gasteiger partial charge in [0.25, 0.3) is 0 Å². The van der Waals surface area contributed by atoms with E-state index < -0.39 is 0 Å². The van der Waals surface area contributed by atoms with E-state index in [2.05, 4.69) is 43.4 Å². The highest BCUT2D eigenvalue weighted by molar-refractivity contribution is 5.71. The zero-order chi connectivity index (χ0) is 14.3. The van der Waals surface area contributed by atoms with Crippen molar-refractivity contribution in [1.82, 2.24) is 5.32 Å². The zero-order valence-electron chi connectivity index (χ0n) is 12.4. The van der Waals surface area contributed by atoms with Gasteiger partial charge in [-0.3, -0.25) is 4.79 Å². The van der Waals surface area contributed by atoms with E-state index in [9.17, 15) is 4.79 Å². The Kier molecular flexibility index (Phi) is 6.57. The largest absolute Gasteiger partial charge is 0.464 e. The molecule has 0 saturated carbocycles. The number of benzene rings is 1. The van der Waals surface area contributed by atoms with Crippen LogP contribution in [0.15, 0.2) is 24.3 Å². The van der Waals surface area contributed by atoms with E-state index in [0.717, 1.165) is 13.0 Å². The van der Waals surface area contributed by atoms with Crippen LogP contribution in [0.3, 0.4) is 0 Å². The van der Waals surface area contributed by atoms with Gasteiger partial charge in [-0.1, -0.05) is 50.6 Å². The molecule has 19 heavy (non-hydrogen) atoms. The van der Waals surface area contributed by atoms with Crippen LogP contribution in [0.5, 0.6) is 0 Å². The quantitative estimate of drug-likeness (QED) is 0.768. The fourth-order valence-electron chi connectivity index (χ4n) is 1.75. The first-order valence-corrected chi connectivity index (χ1v) is 6.98. The van der Waals surface area contributed by atoms with Crippen molar-refractivity contribution in [2.75, 3.05) is 6.61 Å². The highest BCUT2D eigenvalue weighted by Gasteiger charge is 2.12. The van der Waals surface area contributed by atoms with Crippen LogP contribution in [0.25, 0.3) is 0 Å². The molecule has 1 atom stereocenters. The minimum atomic E-state index is -0.129. The summed E-state index contributed by atoms with van der Waals surface area (Å²) in [7, 11) is 0. The Morgan fingerprint density at radius 3 is 2.68 bits per heavy atom. The van der Waals surface area contributed by atoms with Crippen molar-refractivity contribution in [3.63, 3.8) is 0 Å². The lowest BCUT2D eigenvalue weighted by Gasteiger charge is -2.18. The van der Waals surface area contributed by atoms with Crippen molar-refractivity contribution < 1.29 is 9.53 Å². The van der Waals surface area contributed by atoms with Crippen LogP contribution in [0.4, 0.5) is 0 Å². The van der Waals surface area contributed by atoms with Crippen molar-refractivity contribution in [3.05, 3.63) is 35.4 Å². The molecule has 0 aliphatic heterocycles. The minimum absolute atomic E-state index is 0.0609. The second kappa shape index (κ2) is 7.95. The Hall–Kier alpha value is -1.35. The summed E-state index contributed by atoms with van der Waals surface area (Å²) in [6.45, 7) is 9.13. The fraction of sp³-hybridized carbons (Fsp3) is 0.562. The van der Waals surface area contributed by atoms with Crippen LogP contribution in [-0.4, -0.2) is 18.6 Å². The van der Waals surface area contributed by atoms with E-state index >= 15 is 0 Å². The van der Waals surface area contributed by atoms with E-state index in [1.165, 1.54) is 11.1 Å². The lowest BCUT2D eigenvalue weighted by molar-refractivity contribution is -0.148. The summed E-state index contributed by atoms with van der Waals surface area (Å²) in [5, 5.41) is 3.43. The third-order valence-corrected chi connectivity index (χ3v) is 3.07. The molecule has 0 spiro atoms. The van der Waals surface area contributed by atoms with Crippen LogP contribution in [0.2, 0.25) is 0 Å². The first kappa shape index (κ1) is 15.7. The van der Waals surface area contributed by atoms with Gasteiger partial charge >= 0.3 is 5.97 Å². The second-order valence-electron chi connectivity index (χ2n) is 5.26. The topological polar surface area (TPSA) is 38.3 Å². The van der Waals surface area contributed by atoms with Crippen molar-refractivity contribution in [2.45, 2.75) is 46.7 Å². The molecule has 1 unspecified atom stereocenters. The molecule has 0 heterocycles. The molecule has 0 fully saturated rings. The number of rotatable bonds is 7. The Labute approximate surface area is 116 Å². The van der Waals surface area contributed by atoms with Gasteiger partial charge in [-0.05, 0) is 18.9 Å². The summed E-state index contributed by atoms with van der Waals surface area (Å²) < 4.78 is 5.27. The third-order valence-electron chi connectivity index (χ3n) is 3.07. The van der Waals surface area contributed by atoms with Crippen molar-refractivity contribution >= 4 is 5.97 Å². The first-order valence-electron chi connectivity index (χ1n) is 6.98. The Morgan fingerprint density at radius 1 is 1.37 bits per heavy atom.